The molecule has 3 unspecified atom stereocenters. The Morgan fingerprint density at radius 2 is 2.10 bits per heavy atom. The third kappa shape index (κ3) is 3.62. The zero-order valence-corrected chi connectivity index (χ0v) is 13.3. The van der Waals surface area contributed by atoms with Crippen molar-refractivity contribution in [3.05, 3.63) is 11.8 Å². The molecule has 1 aromatic rings. The molecule has 0 aromatic carbocycles. The van der Waals surface area contributed by atoms with Crippen LogP contribution >= 0.6 is 0 Å². The molecule has 20 heavy (non-hydrogen) atoms. The zero-order valence-electron chi connectivity index (χ0n) is 13.3. The summed E-state index contributed by atoms with van der Waals surface area (Å²) >= 11 is 0. The van der Waals surface area contributed by atoms with Gasteiger partial charge in [0.05, 0.1) is 6.10 Å². The molecular formula is C16H27N3O. The van der Waals surface area contributed by atoms with Crippen LogP contribution in [0.2, 0.25) is 0 Å². The van der Waals surface area contributed by atoms with Gasteiger partial charge in [0.15, 0.2) is 0 Å². The van der Waals surface area contributed by atoms with Crippen molar-refractivity contribution in [1.29, 1.82) is 0 Å². The van der Waals surface area contributed by atoms with E-state index in [2.05, 4.69) is 29.1 Å². The Labute approximate surface area is 122 Å². The highest BCUT2D eigenvalue weighted by molar-refractivity contribution is 5.32. The number of nitrogens with zero attached hydrogens (tertiary/aromatic N) is 2. The van der Waals surface area contributed by atoms with Crippen molar-refractivity contribution in [2.45, 2.75) is 66.0 Å². The van der Waals surface area contributed by atoms with E-state index in [1.165, 1.54) is 19.3 Å². The molecule has 4 nitrogen and oxygen atoms in total. The molecule has 0 amide bonds. The molecule has 1 aliphatic rings. The van der Waals surface area contributed by atoms with Crippen molar-refractivity contribution in [2.24, 2.45) is 11.8 Å². The van der Waals surface area contributed by atoms with Gasteiger partial charge in [-0.05, 0) is 45.4 Å². The van der Waals surface area contributed by atoms with Crippen LogP contribution in [-0.2, 0) is 0 Å². The first-order chi connectivity index (χ1) is 9.49. The molecule has 1 saturated carbocycles. The van der Waals surface area contributed by atoms with Crippen LogP contribution in [0.5, 0.6) is 5.88 Å². The number of aromatic nitrogens is 2. The number of nitrogens with one attached hydrogen (secondary N) is 1. The van der Waals surface area contributed by atoms with Crippen LogP contribution in [0.1, 0.15) is 52.7 Å². The molecular weight excluding hydrogens is 250 g/mol. The summed E-state index contributed by atoms with van der Waals surface area (Å²) in [5.41, 5.74) is 0.941. The summed E-state index contributed by atoms with van der Waals surface area (Å²) in [5.74, 6) is 2.87. The maximum absolute atomic E-state index is 5.68. The maximum atomic E-state index is 5.68. The summed E-state index contributed by atoms with van der Waals surface area (Å²) in [6, 6.07) is 2.37. The molecule has 1 aliphatic carbocycles. The van der Waals surface area contributed by atoms with E-state index in [4.69, 9.17) is 4.74 Å². The monoisotopic (exact) mass is 277 g/mol. The Morgan fingerprint density at radius 3 is 2.70 bits per heavy atom. The number of hydrogen-bond donors (Lipinski definition) is 1. The number of aryl methyl sites for hydroxylation is 1. The lowest BCUT2D eigenvalue weighted by Gasteiger charge is -2.21. The fraction of sp³-hybridized carbons (Fsp3) is 0.750. The van der Waals surface area contributed by atoms with Crippen LogP contribution < -0.4 is 10.1 Å². The first kappa shape index (κ1) is 15.1. The van der Waals surface area contributed by atoms with Gasteiger partial charge in [-0.1, -0.05) is 20.3 Å². The Balaban J connectivity index is 2.07. The van der Waals surface area contributed by atoms with Crippen LogP contribution in [0, 0.1) is 18.8 Å². The standard InChI is InChI=1S/C16H27N3O/c1-6-13-7-8-14(12(13)5)18-16-17-11(4)9-15(19-16)20-10(2)3/h9-10,12-14H,6-8H2,1-5H3,(H,17,18,19). The van der Waals surface area contributed by atoms with Crippen molar-refractivity contribution >= 4 is 5.95 Å². The summed E-state index contributed by atoms with van der Waals surface area (Å²) in [4.78, 5) is 8.97. The normalized spacial score (nSPS) is 26.0. The quantitative estimate of drug-likeness (QED) is 0.889. The van der Waals surface area contributed by atoms with Crippen molar-refractivity contribution < 1.29 is 4.74 Å². The van der Waals surface area contributed by atoms with Gasteiger partial charge >= 0.3 is 0 Å². The Morgan fingerprint density at radius 1 is 1.35 bits per heavy atom. The SMILES string of the molecule is CCC1CCC(Nc2nc(C)cc(OC(C)C)n2)C1C. The van der Waals surface area contributed by atoms with E-state index in [1.807, 2.05) is 26.8 Å². The van der Waals surface area contributed by atoms with Crippen molar-refractivity contribution in [3.63, 3.8) is 0 Å². The van der Waals surface area contributed by atoms with E-state index < -0.39 is 0 Å². The minimum absolute atomic E-state index is 0.132. The maximum Gasteiger partial charge on any atom is 0.226 e. The highest BCUT2D eigenvalue weighted by Crippen LogP contribution is 2.35. The van der Waals surface area contributed by atoms with Gasteiger partial charge in [-0.2, -0.15) is 4.98 Å². The summed E-state index contributed by atoms with van der Waals surface area (Å²) in [5, 5.41) is 3.51. The van der Waals surface area contributed by atoms with Crippen LogP contribution in [-0.4, -0.2) is 22.1 Å². The molecule has 0 spiro atoms. The second-order valence-corrected chi connectivity index (χ2v) is 6.19. The minimum atomic E-state index is 0.132. The summed E-state index contributed by atoms with van der Waals surface area (Å²) in [7, 11) is 0. The predicted molar refractivity (Wildman–Crippen MR) is 82.1 cm³/mol. The third-order valence-electron chi connectivity index (χ3n) is 4.25. The number of rotatable bonds is 5. The van der Waals surface area contributed by atoms with E-state index in [-0.39, 0.29) is 6.10 Å². The molecule has 4 heteroatoms. The van der Waals surface area contributed by atoms with Gasteiger partial charge in [0.2, 0.25) is 11.8 Å². The van der Waals surface area contributed by atoms with E-state index in [1.54, 1.807) is 0 Å². The summed E-state index contributed by atoms with van der Waals surface area (Å²) in [6.45, 7) is 10.6. The van der Waals surface area contributed by atoms with Crippen LogP contribution in [0.15, 0.2) is 6.07 Å². The molecule has 1 fully saturated rings. The summed E-state index contributed by atoms with van der Waals surface area (Å²) < 4.78 is 5.68. The zero-order chi connectivity index (χ0) is 14.7. The largest absolute Gasteiger partial charge is 0.475 e. The van der Waals surface area contributed by atoms with Gasteiger partial charge in [0.25, 0.3) is 0 Å². The first-order valence-corrected chi connectivity index (χ1v) is 7.78. The topological polar surface area (TPSA) is 47.0 Å². The molecule has 1 aromatic heterocycles. The Kier molecular flexibility index (Phi) is 4.84. The molecule has 0 bridgehead atoms. The molecule has 0 radical (unpaired) electrons. The fourth-order valence-electron chi connectivity index (χ4n) is 3.10. The lowest BCUT2D eigenvalue weighted by molar-refractivity contribution is 0.232. The molecule has 1 N–H and O–H groups in total. The molecule has 0 saturated heterocycles. The molecule has 3 atom stereocenters. The number of anilines is 1. The smallest absolute Gasteiger partial charge is 0.226 e. The van der Waals surface area contributed by atoms with E-state index in [9.17, 15) is 0 Å². The highest BCUT2D eigenvalue weighted by Gasteiger charge is 2.31. The minimum Gasteiger partial charge on any atom is -0.475 e. The lowest BCUT2D eigenvalue weighted by atomic mass is 9.94. The van der Waals surface area contributed by atoms with Gasteiger partial charge in [0.1, 0.15) is 0 Å². The van der Waals surface area contributed by atoms with E-state index >= 15 is 0 Å². The Bertz CT molecular complexity index is 447. The third-order valence-corrected chi connectivity index (χ3v) is 4.25. The van der Waals surface area contributed by atoms with Gasteiger partial charge < -0.3 is 10.1 Å². The average Bonchev–Trinajstić information content (AvgIpc) is 2.69. The van der Waals surface area contributed by atoms with Crippen molar-refractivity contribution in [1.82, 2.24) is 9.97 Å². The van der Waals surface area contributed by atoms with Gasteiger partial charge in [0, 0.05) is 17.8 Å². The highest BCUT2D eigenvalue weighted by atomic mass is 16.5. The van der Waals surface area contributed by atoms with Crippen LogP contribution in [0.3, 0.4) is 0 Å². The van der Waals surface area contributed by atoms with Gasteiger partial charge in [-0.25, -0.2) is 4.98 Å². The molecule has 1 heterocycles. The van der Waals surface area contributed by atoms with Crippen molar-refractivity contribution in [3.8, 4) is 5.88 Å². The summed E-state index contributed by atoms with van der Waals surface area (Å²) in [6.07, 6.45) is 3.90. The van der Waals surface area contributed by atoms with Crippen molar-refractivity contribution in [2.75, 3.05) is 5.32 Å². The average molecular weight is 277 g/mol. The molecule has 112 valence electrons. The van der Waals surface area contributed by atoms with Gasteiger partial charge in [-0.15, -0.1) is 0 Å². The molecule has 0 aliphatic heterocycles. The van der Waals surface area contributed by atoms with E-state index in [0.717, 1.165) is 11.6 Å². The number of hydrogen-bond acceptors (Lipinski definition) is 4. The lowest BCUT2D eigenvalue weighted by Crippen LogP contribution is -2.26. The molecule has 2 rings (SSSR count). The van der Waals surface area contributed by atoms with Crippen LogP contribution in [0.25, 0.3) is 0 Å². The second-order valence-electron chi connectivity index (χ2n) is 6.19. The Hall–Kier alpha value is -1.32. The van der Waals surface area contributed by atoms with E-state index in [0.29, 0.717) is 23.8 Å². The predicted octanol–water partition coefficient (Wildman–Crippen LogP) is 3.81. The first-order valence-electron chi connectivity index (χ1n) is 7.78. The number of ether oxygens (including phenoxy) is 1. The fourth-order valence-corrected chi connectivity index (χ4v) is 3.10. The second kappa shape index (κ2) is 6.42. The van der Waals surface area contributed by atoms with Crippen LogP contribution in [0.4, 0.5) is 5.95 Å². The van der Waals surface area contributed by atoms with Gasteiger partial charge in [-0.3, -0.25) is 0 Å².